The van der Waals surface area contributed by atoms with E-state index < -0.39 is 11.9 Å². The Morgan fingerprint density at radius 3 is 2.40 bits per heavy atom. The van der Waals surface area contributed by atoms with Crippen LogP contribution in [0.2, 0.25) is 5.02 Å². The molecule has 5 heteroatoms. The van der Waals surface area contributed by atoms with E-state index in [2.05, 4.69) is 5.43 Å². The van der Waals surface area contributed by atoms with Crippen molar-refractivity contribution in [2.45, 2.75) is 19.9 Å². The van der Waals surface area contributed by atoms with E-state index in [1.165, 1.54) is 24.3 Å². The maximum atomic E-state index is 14.2. The van der Waals surface area contributed by atoms with Gasteiger partial charge in [0, 0.05) is 10.6 Å². The maximum Gasteiger partial charge on any atom is 0.128 e. The van der Waals surface area contributed by atoms with Gasteiger partial charge in [-0.3, -0.25) is 5.84 Å². The molecule has 3 N–H and O–H groups in total. The summed E-state index contributed by atoms with van der Waals surface area (Å²) >= 11 is 6.03. The molecule has 0 aliphatic carbocycles. The summed E-state index contributed by atoms with van der Waals surface area (Å²) in [7, 11) is 0. The monoisotopic (exact) mass is 296 g/mol. The summed E-state index contributed by atoms with van der Waals surface area (Å²) in [5, 5.41) is 0.201. The first-order chi connectivity index (χ1) is 9.43. The van der Waals surface area contributed by atoms with Crippen LogP contribution in [0.1, 0.15) is 28.3 Å². The molecule has 1 unspecified atom stereocenters. The van der Waals surface area contributed by atoms with E-state index in [-0.39, 0.29) is 10.8 Å². The number of nitrogens with one attached hydrogen (secondary N) is 1. The van der Waals surface area contributed by atoms with Crippen molar-refractivity contribution >= 4 is 11.6 Å². The highest BCUT2D eigenvalue weighted by molar-refractivity contribution is 6.31. The van der Waals surface area contributed by atoms with Gasteiger partial charge in [0.05, 0.1) is 6.04 Å². The van der Waals surface area contributed by atoms with Gasteiger partial charge in [-0.25, -0.2) is 14.2 Å². The predicted molar refractivity (Wildman–Crippen MR) is 76.5 cm³/mol. The number of hydrazine groups is 1. The number of nitrogens with two attached hydrogens (primary N) is 1. The summed E-state index contributed by atoms with van der Waals surface area (Å²) < 4.78 is 27.4. The summed E-state index contributed by atoms with van der Waals surface area (Å²) in [5.41, 5.74) is 5.07. The summed E-state index contributed by atoms with van der Waals surface area (Å²) in [6.45, 7) is 3.61. The molecule has 0 heterocycles. The normalized spacial score (nSPS) is 12.5. The van der Waals surface area contributed by atoms with Crippen molar-refractivity contribution in [1.29, 1.82) is 0 Å². The van der Waals surface area contributed by atoms with Gasteiger partial charge in [0.2, 0.25) is 0 Å². The lowest BCUT2D eigenvalue weighted by Gasteiger charge is -2.21. The molecule has 0 saturated heterocycles. The number of benzene rings is 2. The smallest absolute Gasteiger partial charge is 0.128 e. The molecule has 0 saturated carbocycles. The van der Waals surface area contributed by atoms with Crippen molar-refractivity contribution < 1.29 is 8.78 Å². The molecular weight excluding hydrogens is 282 g/mol. The Balaban J connectivity index is 2.58. The van der Waals surface area contributed by atoms with E-state index in [0.29, 0.717) is 11.1 Å². The van der Waals surface area contributed by atoms with Crippen LogP contribution < -0.4 is 11.3 Å². The molecule has 20 heavy (non-hydrogen) atoms. The van der Waals surface area contributed by atoms with Crippen molar-refractivity contribution in [3.05, 3.63) is 69.2 Å². The molecule has 2 nitrogen and oxygen atoms in total. The minimum Gasteiger partial charge on any atom is -0.271 e. The third-order valence-corrected chi connectivity index (χ3v) is 3.54. The van der Waals surface area contributed by atoms with Gasteiger partial charge in [0.15, 0.2) is 0 Å². The number of aryl methyl sites for hydroxylation is 2. The molecule has 106 valence electrons. The first-order valence-corrected chi connectivity index (χ1v) is 6.49. The predicted octanol–water partition coefficient (Wildman–Crippen LogP) is 3.79. The standard InChI is InChI=1S/C15H15ClF2N2/c1-8-5-9(2)14(13(18)6-8)15(20-19)11-4-3-10(17)7-12(11)16/h3-7,15,20H,19H2,1-2H3. The topological polar surface area (TPSA) is 38.0 Å². The average Bonchev–Trinajstić information content (AvgIpc) is 2.34. The van der Waals surface area contributed by atoms with Crippen LogP contribution in [0, 0.1) is 25.5 Å². The maximum absolute atomic E-state index is 14.2. The Kier molecular flexibility index (Phi) is 4.38. The van der Waals surface area contributed by atoms with Gasteiger partial charge in [-0.2, -0.15) is 0 Å². The SMILES string of the molecule is Cc1cc(C)c(C(NN)c2ccc(F)cc2Cl)c(F)c1. The van der Waals surface area contributed by atoms with Crippen LogP contribution in [0.3, 0.4) is 0 Å². The highest BCUT2D eigenvalue weighted by Gasteiger charge is 2.21. The quantitative estimate of drug-likeness (QED) is 0.668. The zero-order valence-corrected chi connectivity index (χ0v) is 11.9. The Bertz CT molecular complexity index is 621. The fourth-order valence-electron chi connectivity index (χ4n) is 2.36. The first-order valence-electron chi connectivity index (χ1n) is 6.11. The third kappa shape index (κ3) is 2.82. The highest BCUT2D eigenvalue weighted by Crippen LogP contribution is 2.32. The van der Waals surface area contributed by atoms with E-state index >= 15 is 0 Å². The molecule has 0 aromatic heterocycles. The second kappa shape index (κ2) is 5.87. The van der Waals surface area contributed by atoms with E-state index in [4.69, 9.17) is 17.4 Å². The van der Waals surface area contributed by atoms with Crippen LogP contribution in [-0.4, -0.2) is 0 Å². The molecule has 0 radical (unpaired) electrons. The average molecular weight is 297 g/mol. The first kappa shape index (κ1) is 14.9. The van der Waals surface area contributed by atoms with Crippen molar-refractivity contribution in [1.82, 2.24) is 5.43 Å². The van der Waals surface area contributed by atoms with Crippen molar-refractivity contribution in [2.24, 2.45) is 5.84 Å². The van der Waals surface area contributed by atoms with Gasteiger partial charge < -0.3 is 0 Å². The van der Waals surface area contributed by atoms with Gasteiger partial charge in [0.25, 0.3) is 0 Å². The zero-order chi connectivity index (χ0) is 14.9. The molecule has 0 bridgehead atoms. The minimum absolute atomic E-state index is 0.201. The van der Waals surface area contributed by atoms with E-state index in [0.717, 1.165) is 11.1 Å². The number of hydrogen-bond donors (Lipinski definition) is 2. The lowest BCUT2D eigenvalue weighted by atomic mass is 9.93. The minimum atomic E-state index is -0.635. The van der Waals surface area contributed by atoms with E-state index in [9.17, 15) is 8.78 Å². The number of hydrogen-bond acceptors (Lipinski definition) is 2. The molecule has 2 aromatic carbocycles. The van der Waals surface area contributed by atoms with Crippen molar-refractivity contribution in [3.8, 4) is 0 Å². The van der Waals surface area contributed by atoms with Crippen LogP contribution in [0.25, 0.3) is 0 Å². The lowest BCUT2D eigenvalue weighted by molar-refractivity contribution is 0.555. The van der Waals surface area contributed by atoms with Crippen molar-refractivity contribution in [2.75, 3.05) is 0 Å². The number of rotatable bonds is 3. The zero-order valence-electron chi connectivity index (χ0n) is 11.2. The largest absolute Gasteiger partial charge is 0.271 e. The lowest BCUT2D eigenvalue weighted by Crippen LogP contribution is -2.30. The molecule has 1 atom stereocenters. The molecule has 2 aromatic rings. The van der Waals surface area contributed by atoms with Crippen LogP contribution in [0.15, 0.2) is 30.3 Å². The van der Waals surface area contributed by atoms with Gasteiger partial charge in [-0.1, -0.05) is 23.7 Å². The van der Waals surface area contributed by atoms with Gasteiger partial charge in [0.1, 0.15) is 11.6 Å². The van der Waals surface area contributed by atoms with E-state index in [1.54, 1.807) is 6.92 Å². The van der Waals surface area contributed by atoms with Gasteiger partial charge in [-0.15, -0.1) is 0 Å². The van der Waals surface area contributed by atoms with Crippen LogP contribution in [0.5, 0.6) is 0 Å². The Morgan fingerprint density at radius 1 is 1.15 bits per heavy atom. The fourth-order valence-corrected chi connectivity index (χ4v) is 2.63. The number of halogens is 3. The molecule has 0 fully saturated rings. The Hall–Kier alpha value is -1.49. The van der Waals surface area contributed by atoms with Crippen LogP contribution >= 0.6 is 11.6 Å². The second-order valence-corrected chi connectivity index (χ2v) is 5.15. The highest BCUT2D eigenvalue weighted by atomic mass is 35.5. The van der Waals surface area contributed by atoms with Crippen LogP contribution in [0.4, 0.5) is 8.78 Å². The van der Waals surface area contributed by atoms with Gasteiger partial charge in [-0.05, 0) is 48.7 Å². The molecule has 0 spiro atoms. The van der Waals surface area contributed by atoms with Crippen molar-refractivity contribution in [3.63, 3.8) is 0 Å². The molecule has 2 rings (SSSR count). The Morgan fingerprint density at radius 2 is 1.85 bits per heavy atom. The molecular formula is C15H15ClF2N2. The van der Waals surface area contributed by atoms with E-state index in [1.807, 2.05) is 13.0 Å². The summed E-state index contributed by atoms with van der Waals surface area (Å²) in [5.74, 6) is 4.73. The summed E-state index contributed by atoms with van der Waals surface area (Å²) in [4.78, 5) is 0. The molecule has 0 aliphatic heterocycles. The Labute approximate surface area is 121 Å². The fraction of sp³-hybridized carbons (Fsp3) is 0.200. The van der Waals surface area contributed by atoms with Gasteiger partial charge >= 0.3 is 0 Å². The molecule has 0 aliphatic rings. The third-order valence-electron chi connectivity index (χ3n) is 3.21. The molecule has 0 amide bonds. The van der Waals surface area contributed by atoms with Crippen LogP contribution in [-0.2, 0) is 0 Å². The second-order valence-electron chi connectivity index (χ2n) is 4.74. The summed E-state index contributed by atoms with van der Waals surface area (Å²) in [6, 6.07) is 6.62. The summed E-state index contributed by atoms with van der Waals surface area (Å²) in [6.07, 6.45) is 0.